The second kappa shape index (κ2) is 10.8. The maximum Gasteiger partial charge on any atom is 0.335 e. The molecule has 5 unspecified atom stereocenters. The SMILES string of the molecule is O=C(CNC(=O)c1ncc(-c2cccc(Cl)c2)cc1O)OC1COC(C(=O)O)C(O)C(O)C1O. The highest BCUT2D eigenvalue weighted by Crippen LogP contribution is 2.26. The van der Waals surface area contributed by atoms with Crippen LogP contribution >= 0.6 is 11.6 Å². The highest BCUT2D eigenvalue weighted by molar-refractivity contribution is 6.30. The minimum absolute atomic E-state index is 0.362. The molecule has 1 amide bonds. The second-order valence-electron chi connectivity index (χ2n) is 7.38. The lowest BCUT2D eigenvalue weighted by molar-refractivity contribution is -0.163. The average Bonchev–Trinajstić information content (AvgIpc) is 2.89. The van der Waals surface area contributed by atoms with Crippen molar-refractivity contribution in [2.75, 3.05) is 13.2 Å². The molecule has 0 aliphatic carbocycles. The highest BCUT2D eigenvalue weighted by atomic mass is 35.5. The van der Waals surface area contributed by atoms with Crippen LogP contribution in [0.1, 0.15) is 10.5 Å². The molecule has 3 rings (SSSR count). The van der Waals surface area contributed by atoms with E-state index < -0.39 is 67.3 Å². The summed E-state index contributed by atoms with van der Waals surface area (Å²) in [6, 6.07) is 8.06. The van der Waals surface area contributed by atoms with Crippen molar-refractivity contribution in [2.24, 2.45) is 0 Å². The third-order valence-corrected chi connectivity index (χ3v) is 5.23. The number of carbonyl (C=O) groups is 3. The molecule has 0 bridgehead atoms. The van der Waals surface area contributed by atoms with E-state index in [1.807, 2.05) is 0 Å². The number of hydrogen-bond donors (Lipinski definition) is 6. The van der Waals surface area contributed by atoms with E-state index >= 15 is 0 Å². The molecule has 5 atom stereocenters. The summed E-state index contributed by atoms with van der Waals surface area (Å²) in [6.45, 7) is -1.33. The number of aliphatic hydroxyl groups is 3. The Morgan fingerprint density at radius 3 is 2.50 bits per heavy atom. The highest BCUT2D eigenvalue weighted by Gasteiger charge is 2.44. The van der Waals surface area contributed by atoms with Crippen LogP contribution in [0.15, 0.2) is 36.5 Å². The number of halogens is 1. The first-order chi connectivity index (χ1) is 16.1. The first-order valence-corrected chi connectivity index (χ1v) is 10.3. The molecule has 1 aliphatic heterocycles. The number of ether oxygens (including phenoxy) is 2. The Labute approximate surface area is 197 Å². The molecular weight excluding hydrogens is 476 g/mol. The molecule has 1 saturated heterocycles. The lowest BCUT2D eigenvalue weighted by Gasteiger charge is -2.25. The van der Waals surface area contributed by atoms with Gasteiger partial charge in [-0.15, -0.1) is 0 Å². The molecule has 34 heavy (non-hydrogen) atoms. The smallest absolute Gasteiger partial charge is 0.335 e. The number of nitrogens with zero attached hydrogens (tertiary/aromatic N) is 1. The van der Waals surface area contributed by atoms with Crippen molar-refractivity contribution >= 4 is 29.4 Å². The Balaban J connectivity index is 1.59. The minimum Gasteiger partial charge on any atom is -0.505 e. The molecule has 2 aromatic rings. The molecule has 1 aliphatic rings. The van der Waals surface area contributed by atoms with Crippen molar-refractivity contribution in [1.29, 1.82) is 0 Å². The molecule has 0 saturated carbocycles. The van der Waals surface area contributed by atoms with Crippen LogP contribution < -0.4 is 5.32 Å². The third kappa shape index (κ3) is 5.79. The molecular formula is C21H21ClN2O10. The summed E-state index contributed by atoms with van der Waals surface area (Å²) in [7, 11) is 0. The van der Waals surface area contributed by atoms with Gasteiger partial charge in [0.05, 0.1) is 6.61 Å². The van der Waals surface area contributed by atoms with Crippen LogP contribution in [-0.4, -0.2) is 92.0 Å². The zero-order valence-electron chi connectivity index (χ0n) is 17.4. The first kappa shape index (κ1) is 25.3. The van der Waals surface area contributed by atoms with Crippen LogP contribution in [0.4, 0.5) is 0 Å². The fourth-order valence-corrected chi connectivity index (χ4v) is 3.41. The number of aliphatic carboxylic acids is 1. The fourth-order valence-electron chi connectivity index (χ4n) is 3.22. The lowest BCUT2D eigenvalue weighted by Crippen LogP contribution is -2.49. The molecule has 2 heterocycles. The fraction of sp³-hybridized carbons (Fsp3) is 0.333. The predicted octanol–water partition coefficient (Wildman–Crippen LogP) is -0.685. The Morgan fingerprint density at radius 2 is 1.85 bits per heavy atom. The van der Waals surface area contributed by atoms with Crippen LogP contribution in [0.2, 0.25) is 5.02 Å². The largest absolute Gasteiger partial charge is 0.505 e. The van der Waals surface area contributed by atoms with Crippen molar-refractivity contribution in [3.63, 3.8) is 0 Å². The predicted molar refractivity (Wildman–Crippen MR) is 114 cm³/mol. The summed E-state index contributed by atoms with van der Waals surface area (Å²) in [5.41, 5.74) is 0.797. The van der Waals surface area contributed by atoms with E-state index in [2.05, 4.69) is 10.3 Å². The van der Waals surface area contributed by atoms with E-state index in [9.17, 15) is 34.8 Å². The summed E-state index contributed by atoms with van der Waals surface area (Å²) in [5, 5.41) is 51.6. The van der Waals surface area contributed by atoms with Gasteiger partial charge in [0, 0.05) is 16.8 Å². The number of aromatic nitrogens is 1. The Kier molecular flexibility index (Phi) is 8.02. The van der Waals surface area contributed by atoms with Gasteiger partial charge in [0.25, 0.3) is 5.91 Å². The maximum absolute atomic E-state index is 12.3. The van der Waals surface area contributed by atoms with Gasteiger partial charge in [-0.05, 0) is 23.8 Å². The number of benzene rings is 1. The topological polar surface area (TPSA) is 196 Å². The molecule has 0 spiro atoms. The van der Waals surface area contributed by atoms with Gasteiger partial charge in [0.1, 0.15) is 30.6 Å². The number of hydrogen-bond acceptors (Lipinski definition) is 10. The number of pyridine rings is 1. The van der Waals surface area contributed by atoms with Gasteiger partial charge >= 0.3 is 11.9 Å². The molecule has 1 aromatic carbocycles. The van der Waals surface area contributed by atoms with Gasteiger partial charge in [-0.25, -0.2) is 9.78 Å². The summed E-state index contributed by atoms with van der Waals surface area (Å²) in [6.07, 6.45) is -7.78. The number of carboxylic acid groups (broad SMARTS) is 1. The molecule has 13 heteroatoms. The standard InChI is InChI=1S/C21H21ClN2O10/c22-11-3-1-2-9(4-11)10-5-12(25)15(23-6-10)20(30)24-7-14(26)34-13-8-33-19(21(31)32)18(29)17(28)16(13)27/h1-6,13,16-19,25,27-29H,7-8H2,(H,24,30)(H,31,32). The summed E-state index contributed by atoms with van der Waals surface area (Å²) < 4.78 is 9.86. The monoisotopic (exact) mass is 496 g/mol. The van der Waals surface area contributed by atoms with Gasteiger partial charge in [-0.1, -0.05) is 23.7 Å². The first-order valence-electron chi connectivity index (χ1n) is 9.89. The van der Waals surface area contributed by atoms with Gasteiger partial charge in [-0.2, -0.15) is 0 Å². The molecule has 1 aromatic heterocycles. The van der Waals surface area contributed by atoms with E-state index in [4.69, 9.17) is 26.2 Å². The molecule has 6 N–H and O–H groups in total. The third-order valence-electron chi connectivity index (χ3n) is 4.99. The Morgan fingerprint density at radius 1 is 1.12 bits per heavy atom. The Bertz CT molecular complexity index is 1080. The van der Waals surface area contributed by atoms with Gasteiger partial charge < -0.3 is 40.3 Å². The van der Waals surface area contributed by atoms with Crippen molar-refractivity contribution in [3.8, 4) is 16.9 Å². The summed E-state index contributed by atoms with van der Waals surface area (Å²) in [5.74, 6) is -3.99. The van der Waals surface area contributed by atoms with Crippen LogP contribution in [-0.2, 0) is 19.1 Å². The lowest BCUT2D eigenvalue weighted by atomic mass is 10.0. The summed E-state index contributed by atoms with van der Waals surface area (Å²) in [4.78, 5) is 39.4. The van der Waals surface area contributed by atoms with Crippen LogP contribution in [0.3, 0.4) is 0 Å². The van der Waals surface area contributed by atoms with Crippen LogP contribution in [0.5, 0.6) is 5.75 Å². The zero-order valence-corrected chi connectivity index (χ0v) is 18.1. The van der Waals surface area contributed by atoms with Gasteiger partial charge in [0.15, 0.2) is 17.9 Å². The van der Waals surface area contributed by atoms with Crippen molar-refractivity contribution in [2.45, 2.75) is 30.5 Å². The number of aromatic hydroxyl groups is 1. The number of aliphatic hydroxyl groups excluding tert-OH is 3. The van der Waals surface area contributed by atoms with Crippen LogP contribution in [0.25, 0.3) is 11.1 Å². The van der Waals surface area contributed by atoms with Crippen molar-refractivity contribution in [1.82, 2.24) is 10.3 Å². The van der Waals surface area contributed by atoms with Crippen molar-refractivity contribution in [3.05, 3.63) is 47.2 Å². The number of carbonyl (C=O) groups excluding carboxylic acids is 2. The van der Waals surface area contributed by atoms with E-state index in [0.717, 1.165) is 0 Å². The normalized spacial score (nSPS) is 24.6. The second-order valence-corrected chi connectivity index (χ2v) is 7.81. The number of nitrogens with one attached hydrogen (secondary N) is 1. The van der Waals surface area contributed by atoms with E-state index in [0.29, 0.717) is 16.1 Å². The zero-order chi connectivity index (χ0) is 25.0. The maximum atomic E-state index is 12.3. The minimum atomic E-state index is -1.96. The molecule has 12 nitrogen and oxygen atoms in total. The van der Waals surface area contributed by atoms with Gasteiger partial charge in [0.2, 0.25) is 0 Å². The van der Waals surface area contributed by atoms with Gasteiger partial charge in [-0.3, -0.25) is 9.59 Å². The van der Waals surface area contributed by atoms with E-state index in [-0.39, 0.29) is 5.69 Å². The molecule has 0 radical (unpaired) electrons. The number of amides is 1. The quantitative estimate of drug-likeness (QED) is 0.277. The van der Waals surface area contributed by atoms with E-state index in [1.54, 1.807) is 24.3 Å². The average molecular weight is 497 g/mol. The summed E-state index contributed by atoms with van der Waals surface area (Å²) >= 11 is 5.94. The van der Waals surface area contributed by atoms with Crippen LogP contribution in [0, 0.1) is 0 Å². The number of rotatable bonds is 6. The number of esters is 1. The van der Waals surface area contributed by atoms with E-state index in [1.165, 1.54) is 12.3 Å². The van der Waals surface area contributed by atoms with Crippen molar-refractivity contribution < 1.29 is 49.4 Å². The number of carboxylic acids is 1. The molecule has 1 fully saturated rings. The molecule has 182 valence electrons. The Hall–Kier alpha value is -3.29.